The van der Waals surface area contributed by atoms with Crippen LogP contribution in [0.3, 0.4) is 0 Å². The highest BCUT2D eigenvalue weighted by Crippen LogP contribution is 2.32. The van der Waals surface area contributed by atoms with E-state index in [4.69, 9.17) is 4.74 Å². The summed E-state index contributed by atoms with van der Waals surface area (Å²) in [6.07, 6.45) is 0. The Labute approximate surface area is 123 Å². The van der Waals surface area contributed by atoms with Crippen LogP contribution < -0.4 is 4.74 Å². The fourth-order valence-electron chi connectivity index (χ4n) is 1.71. The van der Waals surface area contributed by atoms with E-state index in [0.717, 1.165) is 31.4 Å². The quantitative estimate of drug-likeness (QED) is 0.867. The first kappa shape index (κ1) is 13.6. The highest BCUT2D eigenvalue weighted by molar-refractivity contribution is 9.10. The molecule has 0 saturated carbocycles. The van der Waals surface area contributed by atoms with Gasteiger partial charge in [-0.1, -0.05) is 28.1 Å². The van der Waals surface area contributed by atoms with Crippen molar-refractivity contribution in [3.05, 3.63) is 50.9 Å². The number of aliphatic hydroxyl groups is 1. The van der Waals surface area contributed by atoms with Gasteiger partial charge in [-0.25, -0.2) is 0 Å². The third kappa shape index (κ3) is 2.76. The minimum absolute atomic E-state index is 0.0160. The van der Waals surface area contributed by atoms with Gasteiger partial charge >= 0.3 is 0 Å². The van der Waals surface area contributed by atoms with Crippen molar-refractivity contribution >= 4 is 31.9 Å². The number of halogens is 2. The lowest BCUT2D eigenvalue weighted by molar-refractivity contribution is 0.281. The van der Waals surface area contributed by atoms with Crippen LogP contribution in [0.5, 0.6) is 5.75 Å². The summed E-state index contributed by atoms with van der Waals surface area (Å²) < 4.78 is 7.12. The molecule has 4 heteroatoms. The lowest BCUT2D eigenvalue weighted by atomic mass is 10.0. The molecule has 1 N–H and O–H groups in total. The smallest absolute Gasteiger partial charge is 0.133 e. The first-order valence-corrected chi connectivity index (χ1v) is 6.97. The molecule has 2 aromatic carbocycles. The molecular weight excluding hydrogens is 360 g/mol. The molecule has 0 fully saturated rings. The van der Waals surface area contributed by atoms with Gasteiger partial charge in [0, 0.05) is 4.47 Å². The highest BCUT2D eigenvalue weighted by atomic mass is 79.9. The van der Waals surface area contributed by atoms with Crippen LogP contribution in [-0.4, -0.2) is 12.2 Å². The first-order valence-electron chi connectivity index (χ1n) is 5.39. The molecule has 0 aliphatic carbocycles. The van der Waals surface area contributed by atoms with E-state index < -0.39 is 0 Å². The summed E-state index contributed by atoms with van der Waals surface area (Å²) in [5, 5.41) is 9.27. The van der Waals surface area contributed by atoms with Crippen LogP contribution in [0.2, 0.25) is 0 Å². The van der Waals surface area contributed by atoms with E-state index >= 15 is 0 Å². The number of benzene rings is 2. The van der Waals surface area contributed by atoms with Crippen LogP contribution in [-0.2, 0) is 6.61 Å². The molecule has 0 heterocycles. The van der Waals surface area contributed by atoms with Crippen molar-refractivity contribution in [3.63, 3.8) is 0 Å². The number of aliphatic hydroxyl groups excluding tert-OH is 1. The van der Waals surface area contributed by atoms with Crippen LogP contribution in [0, 0.1) is 0 Å². The van der Waals surface area contributed by atoms with Crippen molar-refractivity contribution in [2.45, 2.75) is 6.61 Å². The van der Waals surface area contributed by atoms with Gasteiger partial charge in [0.1, 0.15) is 5.75 Å². The third-order valence-electron chi connectivity index (χ3n) is 2.70. The molecule has 0 aromatic heterocycles. The monoisotopic (exact) mass is 370 g/mol. The Bertz CT molecular complexity index is 516. The van der Waals surface area contributed by atoms with E-state index in [1.165, 1.54) is 0 Å². The minimum atomic E-state index is 0.0160. The Morgan fingerprint density at radius 1 is 1.00 bits per heavy atom. The van der Waals surface area contributed by atoms with Gasteiger partial charge in [0.15, 0.2) is 0 Å². The summed E-state index contributed by atoms with van der Waals surface area (Å²) in [5.74, 6) is 0.793. The molecule has 2 nitrogen and oxygen atoms in total. The molecule has 94 valence electrons. The number of ether oxygens (including phenoxy) is 1. The zero-order valence-corrected chi connectivity index (χ0v) is 13.0. The summed E-state index contributed by atoms with van der Waals surface area (Å²) in [7, 11) is 1.64. The molecule has 0 unspecified atom stereocenters. The van der Waals surface area contributed by atoms with Crippen LogP contribution in [0.1, 0.15) is 5.56 Å². The largest absolute Gasteiger partial charge is 0.496 e. The molecule has 2 aromatic rings. The standard InChI is InChI=1S/C14H12Br2O2/c1-18-14-7-10(3-5-13(14)16)9-2-4-12(15)11(6-9)8-17/h2-7,17H,8H2,1H3. The predicted octanol–water partition coefficient (Wildman–Crippen LogP) is 4.38. The summed E-state index contributed by atoms with van der Waals surface area (Å²) in [6.45, 7) is 0.0160. The molecule has 0 bridgehead atoms. The molecule has 0 saturated heterocycles. The van der Waals surface area contributed by atoms with Gasteiger partial charge in [0.05, 0.1) is 18.2 Å². The molecule has 0 aliphatic rings. The molecule has 0 aliphatic heterocycles. The minimum Gasteiger partial charge on any atom is -0.496 e. The second-order valence-electron chi connectivity index (χ2n) is 3.81. The maximum atomic E-state index is 9.27. The predicted molar refractivity (Wildman–Crippen MR) is 79.8 cm³/mol. The van der Waals surface area contributed by atoms with Gasteiger partial charge in [0.25, 0.3) is 0 Å². The first-order chi connectivity index (χ1) is 8.65. The zero-order valence-electron chi connectivity index (χ0n) is 9.78. The normalized spacial score (nSPS) is 10.4. The van der Waals surface area contributed by atoms with Crippen molar-refractivity contribution in [1.82, 2.24) is 0 Å². The van der Waals surface area contributed by atoms with E-state index in [0.29, 0.717) is 0 Å². The van der Waals surface area contributed by atoms with Gasteiger partial charge in [-0.2, -0.15) is 0 Å². The summed E-state index contributed by atoms with van der Waals surface area (Å²) in [5.41, 5.74) is 2.97. The van der Waals surface area contributed by atoms with Crippen molar-refractivity contribution in [3.8, 4) is 16.9 Å². The average Bonchev–Trinajstić information content (AvgIpc) is 2.40. The fraction of sp³-hybridized carbons (Fsp3) is 0.143. The van der Waals surface area contributed by atoms with Gasteiger partial charge < -0.3 is 9.84 Å². The van der Waals surface area contributed by atoms with Crippen molar-refractivity contribution in [2.75, 3.05) is 7.11 Å². The number of methoxy groups -OCH3 is 1. The Kier molecular flexibility index (Phi) is 4.43. The zero-order chi connectivity index (χ0) is 13.1. The van der Waals surface area contributed by atoms with Gasteiger partial charge in [0.2, 0.25) is 0 Å². The van der Waals surface area contributed by atoms with Gasteiger partial charge in [-0.05, 0) is 56.9 Å². The van der Waals surface area contributed by atoms with E-state index in [1.807, 2.05) is 36.4 Å². The lowest BCUT2D eigenvalue weighted by Gasteiger charge is -2.09. The summed E-state index contributed by atoms with van der Waals surface area (Å²) in [4.78, 5) is 0. The number of hydrogen-bond acceptors (Lipinski definition) is 2. The second-order valence-corrected chi connectivity index (χ2v) is 5.52. The van der Waals surface area contributed by atoms with Gasteiger partial charge in [-0.3, -0.25) is 0 Å². The molecule has 0 atom stereocenters. The maximum absolute atomic E-state index is 9.27. The lowest BCUT2D eigenvalue weighted by Crippen LogP contribution is -1.89. The molecular formula is C14H12Br2O2. The maximum Gasteiger partial charge on any atom is 0.133 e. The van der Waals surface area contributed by atoms with Crippen molar-refractivity contribution in [1.29, 1.82) is 0 Å². The van der Waals surface area contributed by atoms with Crippen LogP contribution in [0.4, 0.5) is 0 Å². The van der Waals surface area contributed by atoms with E-state index in [1.54, 1.807) is 7.11 Å². The Morgan fingerprint density at radius 3 is 2.22 bits per heavy atom. The summed E-state index contributed by atoms with van der Waals surface area (Å²) >= 11 is 6.84. The highest BCUT2D eigenvalue weighted by Gasteiger charge is 2.06. The Hall–Kier alpha value is -0.840. The van der Waals surface area contributed by atoms with Gasteiger partial charge in [-0.15, -0.1) is 0 Å². The van der Waals surface area contributed by atoms with Crippen LogP contribution in [0.15, 0.2) is 45.3 Å². The molecule has 2 rings (SSSR count). The van der Waals surface area contributed by atoms with Crippen molar-refractivity contribution in [2.24, 2.45) is 0 Å². The fourth-order valence-corrected chi connectivity index (χ4v) is 2.50. The molecule has 18 heavy (non-hydrogen) atoms. The summed E-state index contributed by atoms with van der Waals surface area (Å²) in [6, 6.07) is 11.8. The van der Waals surface area contributed by atoms with Crippen LogP contribution >= 0.6 is 31.9 Å². The van der Waals surface area contributed by atoms with Crippen LogP contribution in [0.25, 0.3) is 11.1 Å². The molecule has 0 radical (unpaired) electrons. The second kappa shape index (κ2) is 5.87. The topological polar surface area (TPSA) is 29.5 Å². The average molecular weight is 372 g/mol. The van der Waals surface area contributed by atoms with E-state index in [2.05, 4.69) is 31.9 Å². The SMILES string of the molecule is COc1cc(-c2ccc(Br)c(CO)c2)ccc1Br. The third-order valence-corrected chi connectivity index (χ3v) is 4.13. The Morgan fingerprint density at radius 2 is 1.61 bits per heavy atom. The van der Waals surface area contributed by atoms with E-state index in [-0.39, 0.29) is 6.61 Å². The molecule has 0 spiro atoms. The Balaban J connectivity index is 2.48. The van der Waals surface area contributed by atoms with E-state index in [9.17, 15) is 5.11 Å². The molecule has 0 amide bonds. The number of rotatable bonds is 3. The number of hydrogen-bond donors (Lipinski definition) is 1. The van der Waals surface area contributed by atoms with Crippen molar-refractivity contribution < 1.29 is 9.84 Å².